The molecule has 1 atom stereocenters. The van der Waals surface area contributed by atoms with Crippen molar-refractivity contribution in [3.05, 3.63) is 96.3 Å². The molecule has 0 bridgehead atoms. The highest BCUT2D eigenvalue weighted by Crippen LogP contribution is 2.35. The van der Waals surface area contributed by atoms with Gasteiger partial charge in [-0.1, -0.05) is 87.7 Å². The minimum Gasteiger partial charge on any atom is -0.486 e. The number of hydrogen-bond donors (Lipinski definition) is 0. The fourth-order valence-electron chi connectivity index (χ4n) is 4.89. The molecule has 3 aromatic rings. The largest absolute Gasteiger partial charge is 0.486 e. The summed E-state index contributed by atoms with van der Waals surface area (Å²) in [5.41, 5.74) is 3.96. The second kappa shape index (κ2) is 12.1. The van der Waals surface area contributed by atoms with Gasteiger partial charge in [-0.05, 0) is 65.6 Å². The van der Waals surface area contributed by atoms with E-state index >= 15 is 4.39 Å². The van der Waals surface area contributed by atoms with Crippen LogP contribution >= 0.6 is 0 Å². The number of benzene rings is 3. The standard InChI is InChI=1S/C32H33F3O/c1-3-5-6-7-22-8-10-23(11-9-22)26-16-17-27(29(33)21-26)24-12-14-25(15-13-24)28-18-19-30(36-20-4-2)32(35)31(28)34/h4,10,12-19,21-22H,2-3,5-9,11,20H2,1H3. The first-order chi connectivity index (χ1) is 17.5. The van der Waals surface area contributed by atoms with E-state index < -0.39 is 11.6 Å². The molecule has 1 aliphatic rings. The van der Waals surface area contributed by atoms with Gasteiger partial charge >= 0.3 is 0 Å². The lowest BCUT2D eigenvalue weighted by atomic mass is 9.83. The second-order valence-electron chi connectivity index (χ2n) is 9.48. The molecule has 0 saturated carbocycles. The monoisotopic (exact) mass is 490 g/mol. The Morgan fingerprint density at radius 2 is 1.58 bits per heavy atom. The van der Waals surface area contributed by atoms with Gasteiger partial charge in [-0.3, -0.25) is 0 Å². The van der Waals surface area contributed by atoms with Crippen molar-refractivity contribution < 1.29 is 17.9 Å². The Labute approximate surface area is 212 Å². The van der Waals surface area contributed by atoms with Crippen LogP contribution in [0.1, 0.15) is 57.4 Å². The second-order valence-corrected chi connectivity index (χ2v) is 9.48. The summed E-state index contributed by atoms with van der Waals surface area (Å²) < 4.78 is 49.3. The maximum atomic E-state index is 15.1. The molecule has 1 aliphatic carbocycles. The number of ether oxygens (including phenoxy) is 1. The van der Waals surface area contributed by atoms with Gasteiger partial charge in [-0.2, -0.15) is 4.39 Å². The molecule has 0 aliphatic heterocycles. The molecule has 0 aromatic heterocycles. The first kappa shape index (κ1) is 25.8. The molecular formula is C32H33F3O. The van der Waals surface area contributed by atoms with Gasteiger partial charge in [0.2, 0.25) is 5.82 Å². The predicted molar refractivity (Wildman–Crippen MR) is 142 cm³/mol. The zero-order valence-electron chi connectivity index (χ0n) is 20.8. The number of unbranched alkanes of at least 4 members (excludes halogenated alkanes) is 2. The number of hydrogen-bond acceptors (Lipinski definition) is 1. The predicted octanol–water partition coefficient (Wildman–Crippen LogP) is 9.77. The molecule has 0 spiro atoms. The van der Waals surface area contributed by atoms with Gasteiger partial charge in [0.15, 0.2) is 11.6 Å². The van der Waals surface area contributed by atoms with Gasteiger partial charge in [0, 0.05) is 11.1 Å². The van der Waals surface area contributed by atoms with Crippen LogP contribution in [0.25, 0.3) is 27.8 Å². The maximum Gasteiger partial charge on any atom is 0.201 e. The lowest BCUT2D eigenvalue weighted by Gasteiger charge is -2.22. The van der Waals surface area contributed by atoms with Crippen LogP contribution in [0.2, 0.25) is 0 Å². The van der Waals surface area contributed by atoms with E-state index in [2.05, 4.69) is 19.6 Å². The Kier molecular flexibility index (Phi) is 8.69. The van der Waals surface area contributed by atoms with Gasteiger partial charge in [0.1, 0.15) is 12.4 Å². The summed E-state index contributed by atoms with van der Waals surface area (Å²) in [6, 6.07) is 15.1. The van der Waals surface area contributed by atoms with Crippen molar-refractivity contribution in [1.29, 1.82) is 0 Å². The fourth-order valence-corrected chi connectivity index (χ4v) is 4.89. The molecule has 0 heterocycles. The molecule has 0 radical (unpaired) electrons. The molecule has 4 rings (SSSR count). The number of allylic oxidation sites excluding steroid dienone is 2. The lowest BCUT2D eigenvalue weighted by molar-refractivity contribution is 0.333. The average Bonchev–Trinajstić information content (AvgIpc) is 2.90. The van der Waals surface area contributed by atoms with E-state index in [1.165, 1.54) is 55.9 Å². The van der Waals surface area contributed by atoms with Crippen LogP contribution in [0.5, 0.6) is 5.75 Å². The van der Waals surface area contributed by atoms with Crippen LogP contribution in [0.4, 0.5) is 13.2 Å². The average molecular weight is 491 g/mol. The van der Waals surface area contributed by atoms with Crippen LogP contribution in [0, 0.1) is 23.4 Å². The van der Waals surface area contributed by atoms with E-state index in [0.717, 1.165) is 24.3 Å². The third-order valence-electron chi connectivity index (χ3n) is 6.99. The first-order valence-corrected chi connectivity index (χ1v) is 12.8. The number of halogens is 3. The van der Waals surface area contributed by atoms with Crippen molar-refractivity contribution in [3.8, 4) is 28.0 Å². The quantitative estimate of drug-likeness (QED) is 0.203. The first-order valence-electron chi connectivity index (χ1n) is 12.8. The van der Waals surface area contributed by atoms with Crippen LogP contribution in [0.15, 0.2) is 73.3 Å². The van der Waals surface area contributed by atoms with Crippen molar-refractivity contribution in [2.45, 2.75) is 51.9 Å². The summed E-state index contributed by atoms with van der Waals surface area (Å²) >= 11 is 0. The topological polar surface area (TPSA) is 9.23 Å². The summed E-state index contributed by atoms with van der Waals surface area (Å²) in [5, 5.41) is 0. The lowest BCUT2D eigenvalue weighted by Crippen LogP contribution is -2.05. The van der Waals surface area contributed by atoms with Crippen molar-refractivity contribution in [1.82, 2.24) is 0 Å². The third kappa shape index (κ3) is 5.92. The molecule has 4 heteroatoms. The van der Waals surface area contributed by atoms with Gasteiger partial charge in [-0.25, -0.2) is 8.78 Å². The van der Waals surface area contributed by atoms with E-state index in [4.69, 9.17) is 4.74 Å². The smallest absolute Gasteiger partial charge is 0.201 e. The molecular weight excluding hydrogens is 457 g/mol. The molecule has 188 valence electrons. The van der Waals surface area contributed by atoms with Gasteiger partial charge in [0.05, 0.1) is 0 Å². The highest BCUT2D eigenvalue weighted by molar-refractivity contribution is 5.74. The molecule has 0 fully saturated rings. The highest BCUT2D eigenvalue weighted by atomic mass is 19.2. The molecule has 0 amide bonds. The Morgan fingerprint density at radius 1 is 0.889 bits per heavy atom. The summed E-state index contributed by atoms with van der Waals surface area (Å²) in [7, 11) is 0. The normalized spacial score (nSPS) is 15.4. The van der Waals surface area contributed by atoms with Crippen molar-refractivity contribution in [2.75, 3.05) is 6.61 Å². The van der Waals surface area contributed by atoms with Crippen molar-refractivity contribution in [3.63, 3.8) is 0 Å². The zero-order chi connectivity index (χ0) is 25.5. The number of rotatable bonds is 10. The fraction of sp³-hybridized carbons (Fsp3) is 0.312. The Balaban J connectivity index is 1.48. The van der Waals surface area contributed by atoms with E-state index in [0.29, 0.717) is 16.7 Å². The summed E-state index contributed by atoms with van der Waals surface area (Å²) in [6.45, 7) is 5.82. The van der Waals surface area contributed by atoms with E-state index in [1.807, 2.05) is 6.07 Å². The molecule has 0 saturated heterocycles. The van der Waals surface area contributed by atoms with Crippen LogP contribution in [-0.4, -0.2) is 6.61 Å². The summed E-state index contributed by atoms with van der Waals surface area (Å²) in [6.07, 6.45) is 12.1. The summed E-state index contributed by atoms with van der Waals surface area (Å²) in [4.78, 5) is 0. The van der Waals surface area contributed by atoms with Gasteiger partial charge < -0.3 is 4.74 Å². The molecule has 3 aromatic carbocycles. The van der Waals surface area contributed by atoms with E-state index in [-0.39, 0.29) is 23.7 Å². The minimum atomic E-state index is -1.04. The maximum absolute atomic E-state index is 15.1. The Hall–Kier alpha value is -3.27. The molecule has 36 heavy (non-hydrogen) atoms. The minimum absolute atomic E-state index is 0.0889. The SMILES string of the molecule is C=CCOc1ccc(-c2ccc(-c3ccc(C4=CCC(CCCCC)CC4)cc3F)cc2)c(F)c1F. The van der Waals surface area contributed by atoms with Gasteiger partial charge in [0.25, 0.3) is 0 Å². The third-order valence-corrected chi connectivity index (χ3v) is 6.99. The van der Waals surface area contributed by atoms with Gasteiger partial charge in [-0.15, -0.1) is 0 Å². The summed E-state index contributed by atoms with van der Waals surface area (Å²) in [5.74, 6) is -1.71. The van der Waals surface area contributed by atoms with Crippen molar-refractivity contribution >= 4 is 5.57 Å². The van der Waals surface area contributed by atoms with E-state index in [9.17, 15) is 8.78 Å². The van der Waals surface area contributed by atoms with Crippen LogP contribution in [-0.2, 0) is 0 Å². The van der Waals surface area contributed by atoms with Crippen LogP contribution < -0.4 is 4.74 Å². The zero-order valence-corrected chi connectivity index (χ0v) is 20.8. The molecule has 1 nitrogen and oxygen atoms in total. The molecule has 1 unspecified atom stereocenters. The van der Waals surface area contributed by atoms with Crippen LogP contribution in [0.3, 0.4) is 0 Å². The Morgan fingerprint density at radius 3 is 2.22 bits per heavy atom. The van der Waals surface area contributed by atoms with Crippen molar-refractivity contribution in [2.24, 2.45) is 5.92 Å². The molecule has 0 N–H and O–H groups in total. The van der Waals surface area contributed by atoms with E-state index in [1.54, 1.807) is 36.4 Å². The Bertz CT molecular complexity index is 1230. The highest BCUT2D eigenvalue weighted by Gasteiger charge is 2.18.